The fourth-order valence-corrected chi connectivity index (χ4v) is 2.69. The van der Waals surface area contributed by atoms with Gasteiger partial charge in [-0.25, -0.2) is 9.78 Å². The van der Waals surface area contributed by atoms with Gasteiger partial charge in [-0.2, -0.15) is 0 Å². The summed E-state index contributed by atoms with van der Waals surface area (Å²) in [5.74, 6) is 0.0986. The lowest BCUT2D eigenvalue weighted by Gasteiger charge is -2.25. The molecule has 1 aliphatic carbocycles. The van der Waals surface area contributed by atoms with Gasteiger partial charge >= 0.3 is 5.97 Å². The molecule has 1 aromatic heterocycles. The topological polar surface area (TPSA) is 72.6 Å². The number of carbonyl (C=O) groups excluding carboxylic acids is 2. The van der Waals surface area contributed by atoms with Crippen molar-refractivity contribution in [3.63, 3.8) is 0 Å². The van der Waals surface area contributed by atoms with E-state index in [4.69, 9.17) is 4.42 Å². The van der Waals surface area contributed by atoms with Crippen LogP contribution in [0.5, 0.6) is 0 Å². The van der Waals surface area contributed by atoms with Gasteiger partial charge in [0, 0.05) is 12.0 Å². The predicted molar refractivity (Wildman–Crippen MR) is 84.7 cm³/mol. The zero-order chi connectivity index (χ0) is 16.8. The molecule has 0 radical (unpaired) electrons. The summed E-state index contributed by atoms with van der Waals surface area (Å²) in [6.07, 6.45) is 7.27. The van der Waals surface area contributed by atoms with Crippen LogP contribution in [0, 0.1) is 5.92 Å². The standard InChI is InChI=1S/C17H26N2O4/c1-4-6-7-12(5-2)16(20)19(13-8-9-13)10-15-18-14(11-23-15)17(21)22-3/h11-13H,4-10H2,1-3H3/t12-/m1/s1. The van der Waals surface area contributed by atoms with Gasteiger partial charge in [0.2, 0.25) is 11.8 Å². The molecule has 1 atom stereocenters. The Morgan fingerprint density at radius 2 is 2.17 bits per heavy atom. The van der Waals surface area contributed by atoms with E-state index >= 15 is 0 Å². The molecule has 0 N–H and O–H groups in total. The van der Waals surface area contributed by atoms with E-state index in [0.717, 1.165) is 38.5 Å². The molecular weight excluding hydrogens is 296 g/mol. The van der Waals surface area contributed by atoms with Crippen LogP contribution in [0.1, 0.15) is 68.8 Å². The average molecular weight is 322 g/mol. The lowest BCUT2D eigenvalue weighted by Crippen LogP contribution is -2.37. The van der Waals surface area contributed by atoms with Gasteiger partial charge in [-0.3, -0.25) is 4.79 Å². The molecule has 0 saturated heterocycles. The highest BCUT2D eigenvalue weighted by Gasteiger charge is 2.36. The number of aromatic nitrogens is 1. The van der Waals surface area contributed by atoms with Crippen LogP contribution in [-0.2, 0) is 16.1 Å². The summed E-state index contributed by atoms with van der Waals surface area (Å²) in [6.45, 7) is 4.52. The van der Waals surface area contributed by atoms with Gasteiger partial charge in [0.15, 0.2) is 5.69 Å². The summed E-state index contributed by atoms with van der Waals surface area (Å²) in [7, 11) is 1.30. The Morgan fingerprint density at radius 1 is 1.43 bits per heavy atom. The third-order valence-electron chi connectivity index (χ3n) is 4.27. The number of esters is 1. The van der Waals surface area contributed by atoms with Crippen LogP contribution in [0.15, 0.2) is 10.7 Å². The molecule has 1 fully saturated rings. The summed E-state index contributed by atoms with van der Waals surface area (Å²) in [5, 5.41) is 0. The molecule has 1 aliphatic rings. The molecule has 1 heterocycles. The van der Waals surface area contributed by atoms with Gasteiger partial charge in [0.25, 0.3) is 0 Å². The second-order valence-electron chi connectivity index (χ2n) is 6.06. The maximum absolute atomic E-state index is 12.8. The molecule has 0 aromatic carbocycles. The number of hydrogen-bond donors (Lipinski definition) is 0. The SMILES string of the molecule is CCCC[C@@H](CC)C(=O)N(Cc1nc(C(=O)OC)co1)C1CC1. The molecule has 0 spiro atoms. The Morgan fingerprint density at radius 3 is 2.74 bits per heavy atom. The first kappa shape index (κ1) is 17.5. The van der Waals surface area contributed by atoms with Crippen molar-refractivity contribution < 1.29 is 18.7 Å². The lowest BCUT2D eigenvalue weighted by molar-refractivity contribution is -0.137. The number of nitrogens with zero attached hydrogens (tertiary/aromatic N) is 2. The maximum atomic E-state index is 12.8. The molecule has 6 nitrogen and oxygen atoms in total. The number of amides is 1. The van der Waals surface area contributed by atoms with Crippen molar-refractivity contribution in [3.05, 3.63) is 17.8 Å². The van der Waals surface area contributed by atoms with E-state index in [-0.39, 0.29) is 23.6 Å². The molecule has 1 aromatic rings. The molecule has 0 aliphatic heterocycles. The van der Waals surface area contributed by atoms with E-state index in [1.165, 1.54) is 13.4 Å². The van der Waals surface area contributed by atoms with Crippen LogP contribution in [0.3, 0.4) is 0 Å². The van der Waals surface area contributed by atoms with Crippen molar-refractivity contribution in [1.82, 2.24) is 9.88 Å². The van der Waals surface area contributed by atoms with E-state index in [1.54, 1.807) is 0 Å². The van der Waals surface area contributed by atoms with Crippen molar-refractivity contribution in [2.45, 2.75) is 65.0 Å². The number of unbranched alkanes of at least 4 members (excludes halogenated alkanes) is 1. The highest BCUT2D eigenvalue weighted by Crippen LogP contribution is 2.31. The highest BCUT2D eigenvalue weighted by atomic mass is 16.5. The Bertz CT molecular complexity index is 536. The van der Waals surface area contributed by atoms with Crippen LogP contribution in [0.4, 0.5) is 0 Å². The van der Waals surface area contributed by atoms with E-state index in [2.05, 4.69) is 23.6 Å². The molecule has 6 heteroatoms. The predicted octanol–water partition coefficient (Wildman–Crippen LogP) is 3.17. The van der Waals surface area contributed by atoms with Gasteiger partial charge in [0.1, 0.15) is 6.26 Å². The van der Waals surface area contributed by atoms with E-state index in [9.17, 15) is 9.59 Å². The first-order chi connectivity index (χ1) is 11.1. The van der Waals surface area contributed by atoms with E-state index in [1.807, 2.05) is 4.90 Å². The molecule has 1 saturated carbocycles. The molecule has 0 unspecified atom stereocenters. The third kappa shape index (κ3) is 4.56. The number of carbonyl (C=O) groups is 2. The van der Waals surface area contributed by atoms with Gasteiger partial charge in [0.05, 0.1) is 13.7 Å². The van der Waals surface area contributed by atoms with Crippen LogP contribution in [0.25, 0.3) is 0 Å². The quantitative estimate of drug-likeness (QED) is 0.653. The van der Waals surface area contributed by atoms with Gasteiger partial charge in [-0.05, 0) is 25.7 Å². The summed E-state index contributed by atoms with van der Waals surface area (Å²) in [6, 6.07) is 0.284. The van der Waals surface area contributed by atoms with E-state index in [0.29, 0.717) is 12.4 Å². The van der Waals surface area contributed by atoms with Crippen molar-refractivity contribution in [3.8, 4) is 0 Å². The van der Waals surface area contributed by atoms with Gasteiger partial charge in [-0.1, -0.05) is 26.7 Å². The summed E-state index contributed by atoms with van der Waals surface area (Å²) < 4.78 is 9.95. The summed E-state index contributed by atoms with van der Waals surface area (Å²) >= 11 is 0. The fourth-order valence-electron chi connectivity index (χ4n) is 2.69. The number of methoxy groups -OCH3 is 1. The minimum absolute atomic E-state index is 0.0607. The average Bonchev–Trinajstić information content (AvgIpc) is 3.30. The first-order valence-electron chi connectivity index (χ1n) is 8.43. The molecule has 23 heavy (non-hydrogen) atoms. The Balaban J connectivity index is 2.05. The maximum Gasteiger partial charge on any atom is 0.360 e. The Hall–Kier alpha value is -1.85. The van der Waals surface area contributed by atoms with Crippen molar-refractivity contribution in [2.24, 2.45) is 5.92 Å². The third-order valence-corrected chi connectivity index (χ3v) is 4.27. The van der Waals surface area contributed by atoms with Crippen LogP contribution in [0.2, 0.25) is 0 Å². The molecule has 128 valence electrons. The molecule has 0 bridgehead atoms. The summed E-state index contributed by atoms with van der Waals surface area (Å²) in [4.78, 5) is 30.3. The van der Waals surface area contributed by atoms with Crippen molar-refractivity contribution in [2.75, 3.05) is 7.11 Å². The van der Waals surface area contributed by atoms with Gasteiger partial charge < -0.3 is 14.1 Å². The zero-order valence-corrected chi connectivity index (χ0v) is 14.2. The van der Waals surface area contributed by atoms with Crippen molar-refractivity contribution >= 4 is 11.9 Å². The monoisotopic (exact) mass is 322 g/mol. The zero-order valence-electron chi connectivity index (χ0n) is 14.2. The number of oxazole rings is 1. The Labute approximate surface area is 137 Å². The number of hydrogen-bond acceptors (Lipinski definition) is 5. The molecule has 1 amide bonds. The van der Waals surface area contributed by atoms with Crippen LogP contribution in [-0.4, -0.2) is 34.9 Å². The second kappa shape index (κ2) is 8.13. The Kier molecular flexibility index (Phi) is 6.19. The smallest absolute Gasteiger partial charge is 0.360 e. The fraction of sp³-hybridized carbons (Fsp3) is 0.706. The minimum atomic E-state index is -0.529. The molecule has 2 rings (SSSR count). The normalized spacial score (nSPS) is 15.3. The highest BCUT2D eigenvalue weighted by molar-refractivity contribution is 5.86. The molecular formula is C17H26N2O4. The van der Waals surface area contributed by atoms with Gasteiger partial charge in [-0.15, -0.1) is 0 Å². The summed E-state index contributed by atoms with van der Waals surface area (Å²) in [5.41, 5.74) is 0.142. The lowest BCUT2D eigenvalue weighted by atomic mass is 9.97. The minimum Gasteiger partial charge on any atom is -0.464 e. The second-order valence-corrected chi connectivity index (χ2v) is 6.06. The van der Waals surface area contributed by atoms with E-state index < -0.39 is 5.97 Å². The van der Waals surface area contributed by atoms with Crippen molar-refractivity contribution in [1.29, 1.82) is 0 Å². The number of ether oxygens (including phenoxy) is 1. The first-order valence-corrected chi connectivity index (χ1v) is 8.43. The van der Waals surface area contributed by atoms with Crippen LogP contribution < -0.4 is 0 Å². The largest absolute Gasteiger partial charge is 0.464 e. The van der Waals surface area contributed by atoms with Crippen LogP contribution >= 0.6 is 0 Å². The number of rotatable bonds is 9.